The average molecular weight is 451 g/mol. The molecule has 0 aliphatic carbocycles. The van der Waals surface area contributed by atoms with Crippen molar-refractivity contribution in [2.45, 2.75) is 51.1 Å². The Morgan fingerprint density at radius 3 is 2.58 bits per heavy atom. The third-order valence-corrected chi connectivity index (χ3v) is 7.14. The number of nitrogens with zero attached hydrogens (tertiary/aromatic N) is 4. The molecule has 1 aromatic carbocycles. The van der Waals surface area contributed by atoms with Gasteiger partial charge >= 0.3 is 0 Å². The van der Waals surface area contributed by atoms with E-state index in [4.69, 9.17) is 4.74 Å². The summed E-state index contributed by atoms with van der Waals surface area (Å²) < 4.78 is 5.77. The van der Waals surface area contributed by atoms with Crippen molar-refractivity contribution < 1.29 is 9.53 Å². The summed E-state index contributed by atoms with van der Waals surface area (Å²) in [4.78, 5) is 24.9. The molecule has 0 N–H and O–H groups in total. The number of ether oxygens (including phenoxy) is 1. The Morgan fingerprint density at radius 1 is 1.09 bits per heavy atom. The molecule has 33 heavy (non-hydrogen) atoms. The first-order valence-corrected chi connectivity index (χ1v) is 12.5. The van der Waals surface area contributed by atoms with Gasteiger partial charge in [-0.2, -0.15) is 0 Å². The number of rotatable bonds is 7. The van der Waals surface area contributed by atoms with E-state index in [-0.39, 0.29) is 11.4 Å². The van der Waals surface area contributed by atoms with E-state index in [0.717, 1.165) is 77.4 Å². The third kappa shape index (κ3) is 6.19. The quantitative estimate of drug-likeness (QED) is 0.633. The number of hydrogen-bond donors (Lipinski definition) is 0. The lowest BCUT2D eigenvalue weighted by molar-refractivity contribution is -0.133. The van der Waals surface area contributed by atoms with Gasteiger partial charge in [0.15, 0.2) is 0 Å². The fourth-order valence-electron chi connectivity index (χ4n) is 5.15. The van der Waals surface area contributed by atoms with E-state index in [1.165, 1.54) is 5.56 Å². The Kier molecular flexibility index (Phi) is 8.48. The molecule has 3 aliphatic rings. The van der Waals surface area contributed by atoms with E-state index in [2.05, 4.69) is 57.3 Å². The lowest BCUT2D eigenvalue weighted by Crippen LogP contribution is -2.63. The summed E-state index contributed by atoms with van der Waals surface area (Å²) in [5.74, 6) is 0.955. The van der Waals surface area contributed by atoms with Gasteiger partial charge in [-0.25, -0.2) is 4.99 Å². The Labute approximate surface area is 198 Å². The second-order valence-corrected chi connectivity index (χ2v) is 9.26. The molecule has 0 saturated carbocycles. The standard InChI is InChI=1S/C27H38N4O2/c1-2-26(32)31(25-12-8-3-4-9-15-28-25)23-27(13-20-33-21-14-27)30-18-16-29(17-19-30)22-24-10-6-5-7-11-24/h4-7,9-12,15H,2-3,8,13-14,16-23H2,1H3/b9-4+,25-12+,28-15-. The highest BCUT2D eigenvalue weighted by Crippen LogP contribution is 2.32. The smallest absolute Gasteiger partial charge is 0.227 e. The molecule has 6 heteroatoms. The lowest BCUT2D eigenvalue weighted by Gasteiger charge is -2.51. The molecule has 0 radical (unpaired) electrons. The van der Waals surface area contributed by atoms with E-state index in [1.54, 1.807) is 0 Å². The van der Waals surface area contributed by atoms with Gasteiger partial charge in [0.25, 0.3) is 0 Å². The first-order chi connectivity index (χ1) is 16.2. The largest absolute Gasteiger partial charge is 0.381 e. The van der Waals surface area contributed by atoms with Gasteiger partial charge in [-0.1, -0.05) is 43.3 Å². The van der Waals surface area contributed by atoms with Crippen LogP contribution in [0.4, 0.5) is 0 Å². The first kappa shape index (κ1) is 23.9. The molecule has 178 valence electrons. The molecule has 6 nitrogen and oxygen atoms in total. The topological polar surface area (TPSA) is 48.4 Å². The van der Waals surface area contributed by atoms with Crippen LogP contribution in [0.1, 0.15) is 44.6 Å². The molecular weight excluding hydrogens is 412 g/mol. The van der Waals surface area contributed by atoms with Crippen molar-refractivity contribution in [1.29, 1.82) is 0 Å². The fraction of sp³-hybridized carbons (Fsp3) is 0.556. The van der Waals surface area contributed by atoms with Crippen molar-refractivity contribution in [3.63, 3.8) is 0 Å². The molecule has 3 heterocycles. The minimum atomic E-state index is -0.0590. The summed E-state index contributed by atoms with van der Waals surface area (Å²) in [6.45, 7) is 9.27. The molecule has 0 bridgehead atoms. The van der Waals surface area contributed by atoms with Gasteiger partial charge in [-0.15, -0.1) is 0 Å². The van der Waals surface area contributed by atoms with Crippen molar-refractivity contribution in [3.8, 4) is 0 Å². The van der Waals surface area contributed by atoms with Gasteiger partial charge in [0.2, 0.25) is 5.91 Å². The average Bonchev–Trinajstić information content (AvgIpc) is 2.84. The number of piperazine rings is 1. The van der Waals surface area contributed by atoms with Crippen LogP contribution >= 0.6 is 0 Å². The molecule has 1 aromatic rings. The van der Waals surface area contributed by atoms with Crippen LogP contribution in [0.3, 0.4) is 0 Å². The van der Waals surface area contributed by atoms with Crippen LogP contribution in [0, 0.1) is 0 Å². The molecule has 1 amide bonds. The molecule has 0 aromatic heterocycles. The Hall–Kier alpha value is -2.28. The second-order valence-electron chi connectivity index (χ2n) is 9.26. The maximum Gasteiger partial charge on any atom is 0.227 e. The minimum absolute atomic E-state index is 0.0590. The summed E-state index contributed by atoms with van der Waals surface area (Å²) in [5.41, 5.74) is 1.31. The van der Waals surface area contributed by atoms with Crippen LogP contribution < -0.4 is 0 Å². The van der Waals surface area contributed by atoms with Crippen LogP contribution in [0.25, 0.3) is 0 Å². The highest BCUT2D eigenvalue weighted by atomic mass is 16.5. The number of hydrogen-bond acceptors (Lipinski definition) is 5. The molecule has 0 unspecified atom stereocenters. The number of amides is 1. The van der Waals surface area contributed by atoms with Gasteiger partial charge in [0, 0.05) is 70.7 Å². The fourth-order valence-corrected chi connectivity index (χ4v) is 5.15. The van der Waals surface area contributed by atoms with Crippen LogP contribution in [0.5, 0.6) is 0 Å². The predicted molar refractivity (Wildman–Crippen MR) is 133 cm³/mol. The Morgan fingerprint density at radius 2 is 1.85 bits per heavy atom. The van der Waals surface area contributed by atoms with Crippen molar-refractivity contribution in [2.75, 3.05) is 45.9 Å². The number of benzene rings is 1. The van der Waals surface area contributed by atoms with E-state index in [1.807, 2.05) is 24.1 Å². The normalized spacial score (nSPS) is 25.3. The summed E-state index contributed by atoms with van der Waals surface area (Å²) in [6.07, 6.45) is 12.3. The van der Waals surface area contributed by atoms with Gasteiger partial charge < -0.3 is 4.74 Å². The molecule has 2 saturated heterocycles. The van der Waals surface area contributed by atoms with E-state index in [0.29, 0.717) is 13.0 Å². The van der Waals surface area contributed by atoms with Crippen molar-refractivity contribution in [3.05, 3.63) is 59.9 Å². The zero-order chi connectivity index (χ0) is 22.9. The van der Waals surface area contributed by atoms with Crippen LogP contribution in [0.15, 0.2) is 59.4 Å². The van der Waals surface area contributed by atoms with Gasteiger partial charge in [0.1, 0.15) is 5.82 Å². The maximum absolute atomic E-state index is 13.1. The predicted octanol–water partition coefficient (Wildman–Crippen LogP) is 3.85. The SMILES string of the molecule is CCC(=O)N(CC1(N2CCN(Cc3ccccc3)CC2)CCOCC1)C1=C/CC/C=C/C=N\1. The number of carbonyl (C=O) groups excluding carboxylic acids is 1. The van der Waals surface area contributed by atoms with E-state index < -0.39 is 0 Å². The minimum Gasteiger partial charge on any atom is -0.381 e. The number of allylic oxidation sites excluding steroid dienone is 3. The molecular formula is C27H38N4O2. The second kappa shape index (κ2) is 11.7. The van der Waals surface area contributed by atoms with Crippen LogP contribution in [0.2, 0.25) is 0 Å². The molecule has 2 fully saturated rings. The monoisotopic (exact) mass is 450 g/mol. The van der Waals surface area contributed by atoms with E-state index in [9.17, 15) is 4.79 Å². The zero-order valence-electron chi connectivity index (χ0n) is 20.0. The lowest BCUT2D eigenvalue weighted by atomic mass is 9.86. The van der Waals surface area contributed by atoms with Gasteiger partial charge in [-0.3, -0.25) is 19.5 Å². The number of carbonyl (C=O) groups is 1. The Bertz CT molecular complexity index is 850. The van der Waals surface area contributed by atoms with Crippen LogP contribution in [-0.4, -0.2) is 78.3 Å². The van der Waals surface area contributed by atoms with Crippen molar-refractivity contribution >= 4 is 12.1 Å². The highest BCUT2D eigenvalue weighted by Gasteiger charge is 2.42. The van der Waals surface area contributed by atoms with Crippen molar-refractivity contribution in [1.82, 2.24) is 14.7 Å². The molecule has 4 rings (SSSR count). The summed E-state index contributed by atoms with van der Waals surface area (Å²) in [5, 5.41) is 0. The van der Waals surface area contributed by atoms with Gasteiger partial charge in [-0.05, 0) is 43.4 Å². The van der Waals surface area contributed by atoms with E-state index >= 15 is 0 Å². The highest BCUT2D eigenvalue weighted by molar-refractivity contribution is 5.79. The molecule has 0 spiro atoms. The Balaban J connectivity index is 1.49. The molecule has 3 aliphatic heterocycles. The molecule has 0 atom stereocenters. The summed E-state index contributed by atoms with van der Waals surface area (Å²) in [6, 6.07) is 10.7. The number of aliphatic imine (C=N–C) groups is 1. The van der Waals surface area contributed by atoms with Crippen molar-refractivity contribution in [2.24, 2.45) is 4.99 Å². The first-order valence-electron chi connectivity index (χ1n) is 12.5. The zero-order valence-corrected chi connectivity index (χ0v) is 20.0. The van der Waals surface area contributed by atoms with Crippen LogP contribution in [-0.2, 0) is 16.1 Å². The maximum atomic E-state index is 13.1. The summed E-state index contributed by atoms with van der Waals surface area (Å²) >= 11 is 0. The third-order valence-electron chi connectivity index (χ3n) is 7.14. The van der Waals surface area contributed by atoms with Gasteiger partial charge in [0.05, 0.1) is 0 Å². The summed E-state index contributed by atoms with van der Waals surface area (Å²) in [7, 11) is 0.